The Balaban J connectivity index is 1.39. The van der Waals surface area contributed by atoms with Crippen molar-refractivity contribution in [2.75, 3.05) is 5.32 Å². The second kappa shape index (κ2) is 7.13. The van der Waals surface area contributed by atoms with Gasteiger partial charge in [-0.1, -0.05) is 34.1 Å². The molecule has 0 aliphatic rings. The lowest BCUT2D eigenvalue weighted by molar-refractivity contribution is -0.115. The summed E-state index contributed by atoms with van der Waals surface area (Å²) in [6.07, 6.45) is 7.72. The summed E-state index contributed by atoms with van der Waals surface area (Å²) in [6, 6.07) is 13.6. The van der Waals surface area contributed by atoms with Gasteiger partial charge in [-0.05, 0) is 29.8 Å². The van der Waals surface area contributed by atoms with Gasteiger partial charge >= 0.3 is 0 Å². The van der Waals surface area contributed by atoms with Crippen molar-refractivity contribution in [1.29, 1.82) is 0 Å². The Morgan fingerprint density at radius 3 is 2.77 bits per heavy atom. The summed E-state index contributed by atoms with van der Waals surface area (Å²) in [4.78, 5) is 16.7. The minimum absolute atomic E-state index is 0.0698. The summed E-state index contributed by atoms with van der Waals surface area (Å²) in [5.41, 5.74) is 3.45. The molecular formula is C19H16BrN5O. The first-order valence-electron chi connectivity index (χ1n) is 8.15. The summed E-state index contributed by atoms with van der Waals surface area (Å²) >= 11 is 3.39. The average Bonchev–Trinajstić information content (AvgIpc) is 3.23. The number of aromatic nitrogens is 4. The lowest BCUT2D eigenvalue weighted by Crippen LogP contribution is -2.13. The van der Waals surface area contributed by atoms with Gasteiger partial charge < -0.3 is 9.72 Å². The van der Waals surface area contributed by atoms with Crippen molar-refractivity contribution >= 4 is 33.2 Å². The van der Waals surface area contributed by atoms with E-state index in [0.29, 0.717) is 18.7 Å². The molecule has 0 spiro atoms. The Labute approximate surface area is 158 Å². The molecule has 4 aromatic rings. The number of nitrogens with zero attached hydrogens (tertiary/aromatic N) is 4. The predicted molar refractivity (Wildman–Crippen MR) is 103 cm³/mol. The number of hydrogen-bond acceptors (Lipinski definition) is 3. The summed E-state index contributed by atoms with van der Waals surface area (Å²) in [5, 5.41) is 7.18. The van der Waals surface area contributed by atoms with Crippen molar-refractivity contribution in [2.45, 2.75) is 13.0 Å². The van der Waals surface area contributed by atoms with E-state index < -0.39 is 0 Å². The topological polar surface area (TPSA) is 64.2 Å². The molecule has 0 atom stereocenters. The van der Waals surface area contributed by atoms with E-state index in [1.54, 1.807) is 10.9 Å². The first-order valence-corrected chi connectivity index (χ1v) is 8.94. The fourth-order valence-electron chi connectivity index (χ4n) is 2.74. The number of halogens is 1. The van der Waals surface area contributed by atoms with Crippen molar-refractivity contribution < 1.29 is 4.79 Å². The molecule has 1 aromatic carbocycles. The third kappa shape index (κ3) is 3.83. The molecule has 0 aliphatic heterocycles. The lowest BCUT2D eigenvalue weighted by Gasteiger charge is -2.03. The van der Waals surface area contributed by atoms with Crippen LogP contribution < -0.4 is 5.32 Å². The second-order valence-electron chi connectivity index (χ2n) is 5.98. The number of fused-ring (bicyclic) bond motifs is 1. The zero-order chi connectivity index (χ0) is 17.9. The summed E-state index contributed by atoms with van der Waals surface area (Å²) in [5.74, 6) is -0.0698. The van der Waals surface area contributed by atoms with Gasteiger partial charge in [0.2, 0.25) is 5.91 Å². The maximum atomic E-state index is 12.2. The molecule has 4 rings (SSSR count). The maximum absolute atomic E-state index is 12.2. The van der Waals surface area contributed by atoms with Crippen molar-refractivity contribution in [1.82, 2.24) is 19.2 Å². The molecule has 3 heterocycles. The molecule has 26 heavy (non-hydrogen) atoms. The highest BCUT2D eigenvalue weighted by Crippen LogP contribution is 2.13. The normalized spacial score (nSPS) is 11.0. The van der Waals surface area contributed by atoms with Crippen LogP contribution in [-0.2, 0) is 17.8 Å². The van der Waals surface area contributed by atoms with Gasteiger partial charge in [0.15, 0.2) is 0 Å². The molecule has 0 unspecified atom stereocenters. The van der Waals surface area contributed by atoms with Crippen molar-refractivity contribution in [2.24, 2.45) is 0 Å². The van der Waals surface area contributed by atoms with E-state index in [4.69, 9.17) is 0 Å². The van der Waals surface area contributed by atoms with Crippen LogP contribution in [0.2, 0.25) is 0 Å². The fraction of sp³-hybridized carbons (Fsp3) is 0.105. The van der Waals surface area contributed by atoms with Gasteiger partial charge in [0.05, 0.1) is 30.5 Å². The van der Waals surface area contributed by atoms with E-state index in [2.05, 4.69) is 31.3 Å². The number of hydrogen-bond donors (Lipinski definition) is 1. The molecule has 1 amide bonds. The molecule has 1 N–H and O–H groups in total. The number of pyridine rings is 1. The number of imidazole rings is 1. The van der Waals surface area contributed by atoms with Crippen molar-refractivity contribution in [3.8, 4) is 0 Å². The number of benzene rings is 1. The van der Waals surface area contributed by atoms with Gasteiger partial charge in [-0.15, -0.1) is 0 Å². The van der Waals surface area contributed by atoms with Gasteiger partial charge in [0, 0.05) is 23.1 Å². The van der Waals surface area contributed by atoms with Gasteiger partial charge in [0.25, 0.3) is 0 Å². The Morgan fingerprint density at radius 1 is 1.12 bits per heavy atom. The van der Waals surface area contributed by atoms with E-state index in [1.807, 2.05) is 65.5 Å². The molecule has 6 nitrogen and oxygen atoms in total. The van der Waals surface area contributed by atoms with Gasteiger partial charge in [0.1, 0.15) is 5.65 Å². The zero-order valence-corrected chi connectivity index (χ0v) is 15.4. The van der Waals surface area contributed by atoms with E-state index >= 15 is 0 Å². The maximum Gasteiger partial charge on any atom is 0.228 e. The van der Waals surface area contributed by atoms with Gasteiger partial charge in [-0.2, -0.15) is 5.10 Å². The molecule has 0 saturated heterocycles. The van der Waals surface area contributed by atoms with Crippen LogP contribution in [-0.4, -0.2) is 25.1 Å². The number of nitrogens with one attached hydrogen (secondary N) is 1. The van der Waals surface area contributed by atoms with Crippen LogP contribution in [0.1, 0.15) is 11.3 Å². The zero-order valence-electron chi connectivity index (χ0n) is 13.8. The second-order valence-corrected chi connectivity index (χ2v) is 6.89. The third-order valence-electron chi connectivity index (χ3n) is 3.93. The highest BCUT2D eigenvalue weighted by atomic mass is 79.9. The van der Waals surface area contributed by atoms with Crippen LogP contribution in [0.3, 0.4) is 0 Å². The third-order valence-corrected chi connectivity index (χ3v) is 4.46. The number of anilines is 1. The van der Waals surface area contributed by atoms with Crippen LogP contribution in [0, 0.1) is 0 Å². The average molecular weight is 410 g/mol. The Kier molecular flexibility index (Phi) is 4.53. The molecule has 0 fully saturated rings. The number of carbonyl (C=O) groups is 1. The van der Waals surface area contributed by atoms with E-state index in [0.717, 1.165) is 21.4 Å². The Bertz CT molecular complexity index is 1020. The van der Waals surface area contributed by atoms with Crippen molar-refractivity contribution in [3.05, 3.63) is 83.0 Å². The summed E-state index contributed by atoms with van der Waals surface area (Å²) < 4.78 is 4.73. The van der Waals surface area contributed by atoms with Crippen LogP contribution in [0.5, 0.6) is 0 Å². The fourth-order valence-corrected chi connectivity index (χ4v) is 3.00. The van der Waals surface area contributed by atoms with Gasteiger partial charge in [-0.3, -0.25) is 9.48 Å². The number of carbonyl (C=O) groups excluding carboxylic acids is 1. The number of amides is 1. The minimum Gasteiger partial charge on any atom is -0.323 e. The van der Waals surface area contributed by atoms with Crippen LogP contribution in [0.4, 0.5) is 5.69 Å². The number of rotatable bonds is 5. The Hall–Kier alpha value is -2.93. The van der Waals surface area contributed by atoms with E-state index in [1.165, 1.54) is 0 Å². The molecule has 0 saturated carbocycles. The SMILES string of the molecule is O=C(Cc1ccc(Br)cc1)Nc1cnn(Cc2cn3ccccc3n2)c1. The highest BCUT2D eigenvalue weighted by molar-refractivity contribution is 9.10. The van der Waals surface area contributed by atoms with Gasteiger partial charge in [-0.25, -0.2) is 4.98 Å². The molecule has 0 bridgehead atoms. The summed E-state index contributed by atoms with van der Waals surface area (Å²) in [6.45, 7) is 0.546. The monoisotopic (exact) mass is 409 g/mol. The molecule has 0 radical (unpaired) electrons. The minimum atomic E-state index is -0.0698. The smallest absolute Gasteiger partial charge is 0.228 e. The highest BCUT2D eigenvalue weighted by Gasteiger charge is 2.08. The van der Waals surface area contributed by atoms with Crippen LogP contribution in [0.15, 0.2) is 71.7 Å². The van der Waals surface area contributed by atoms with Crippen molar-refractivity contribution in [3.63, 3.8) is 0 Å². The first kappa shape index (κ1) is 16.5. The quantitative estimate of drug-likeness (QED) is 0.548. The van der Waals surface area contributed by atoms with E-state index in [-0.39, 0.29) is 5.91 Å². The molecule has 0 aliphatic carbocycles. The standard InChI is InChI=1S/C19H16BrN5O/c20-15-6-4-14(5-7-15)9-19(26)23-16-10-21-25(12-16)13-17-11-24-8-2-1-3-18(24)22-17/h1-8,10-12H,9,13H2,(H,23,26). The lowest BCUT2D eigenvalue weighted by atomic mass is 10.1. The Morgan fingerprint density at radius 2 is 1.96 bits per heavy atom. The van der Waals surface area contributed by atoms with Crippen LogP contribution in [0.25, 0.3) is 5.65 Å². The molecule has 130 valence electrons. The van der Waals surface area contributed by atoms with E-state index in [9.17, 15) is 4.79 Å². The molecule has 3 aromatic heterocycles. The first-order chi connectivity index (χ1) is 12.7. The largest absolute Gasteiger partial charge is 0.323 e. The predicted octanol–water partition coefficient (Wildman–Crippen LogP) is 3.52. The summed E-state index contributed by atoms with van der Waals surface area (Å²) in [7, 11) is 0. The molecular weight excluding hydrogens is 394 g/mol. The van der Waals surface area contributed by atoms with Crippen LogP contribution >= 0.6 is 15.9 Å². The molecule has 7 heteroatoms.